The van der Waals surface area contributed by atoms with E-state index >= 15 is 0 Å². The van der Waals surface area contributed by atoms with Gasteiger partial charge in [0.1, 0.15) is 5.75 Å². The smallest absolute Gasteiger partial charge is 0.308 e. The Kier molecular flexibility index (Phi) is 9.17. The van der Waals surface area contributed by atoms with Crippen LogP contribution in [0.1, 0.15) is 24.8 Å². The summed E-state index contributed by atoms with van der Waals surface area (Å²) in [5.74, 6) is 0.795. The zero-order chi connectivity index (χ0) is 24.8. The Balaban J connectivity index is 1.30. The van der Waals surface area contributed by atoms with Crippen LogP contribution < -0.4 is 4.74 Å². The number of fused-ring (bicyclic) bond motifs is 1. The van der Waals surface area contributed by atoms with E-state index in [1.807, 2.05) is 42.6 Å². The molecule has 1 aliphatic heterocycles. The highest BCUT2D eigenvalue weighted by Gasteiger charge is 2.33. The van der Waals surface area contributed by atoms with E-state index in [0.717, 1.165) is 66.1 Å². The molecule has 1 aromatic heterocycles. The van der Waals surface area contributed by atoms with Crippen LogP contribution in [0.15, 0.2) is 53.6 Å². The molecular weight excluding hydrogens is 503 g/mol. The summed E-state index contributed by atoms with van der Waals surface area (Å²) in [4.78, 5) is 19.7. The lowest BCUT2D eigenvalue weighted by atomic mass is 9.81. The number of thioether (sulfide) groups is 1. The van der Waals surface area contributed by atoms with E-state index in [4.69, 9.17) is 27.9 Å². The second kappa shape index (κ2) is 12.3. The van der Waals surface area contributed by atoms with Gasteiger partial charge in [0.15, 0.2) is 0 Å². The Hall–Kier alpha value is -1.99. The van der Waals surface area contributed by atoms with Gasteiger partial charge in [0.05, 0.1) is 28.6 Å². The molecule has 5 nitrogen and oxygen atoms in total. The first-order valence-corrected chi connectivity index (χ1v) is 13.6. The molecule has 2 aromatic carbocycles. The number of nitrogens with zero attached hydrogens (tertiary/aromatic N) is 2. The molecule has 0 saturated carbocycles. The fourth-order valence-corrected chi connectivity index (χ4v) is 6.57. The van der Waals surface area contributed by atoms with Crippen LogP contribution >= 0.6 is 35.0 Å². The lowest BCUT2D eigenvalue weighted by molar-refractivity contribution is -0.146. The van der Waals surface area contributed by atoms with Crippen molar-refractivity contribution in [3.8, 4) is 5.75 Å². The summed E-state index contributed by atoms with van der Waals surface area (Å²) in [5, 5.41) is 12.3. The topological polar surface area (TPSA) is 62.7 Å². The van der Waals surface area contributed by atoms with Crippen LogP contribution in [-0.4, -0.2) is 53.5 Å². The minimum Gasteiger partial charge on any atom is -0.497 e. The van der Waals surface area contributed by atoms with E-state index in [1.165, 1.54) is 5.56 Å². The predicted molar refractivity (Wildman–Crippen MR) is 144 cm³/mol. The molecule has 2 atom stereocenters. The van der Waals surface area contributed by atoms with E-state index < -0.39 is 5.97 Å². The van der Waals surface area contributed by atoms with E-state index in [-0.39, 0.29) is 11.8 Å². The third kappa shape index (κ3) is 6.62. The third-order valence-corrected chi connectivity index (χ3v) is 8.76. The van der Waals surface area contributed by atoms with Crippen molar-refractivity contribution in [3.05, 3.63) is 64.3 Å². The number of aliphatic carboxylic acids is 1. The van der Waals surface area contributed by atoms with Crippen LogP contribution in [0.3, 0.4) is 0 Å². The molecule has 0 aliphatic carbocycles. The Bertz CT molecular complexity index is 1160. The van der Waals surface area contributed by atoms with Crippen molar-refractivity contribution >= 4 is 51.8 Å². The van der Waals surface area contributed by atoms with Gasteiger partial charge in [0.2, 0.25) is 0 Å². The minimum absolute atomic E-state index is 0.192. The highest BCUT2D eigenvalue weighted by Crippen LogP contribution is 2.35. The summed E-state index contributed by atoms with van der Waals surface area (Å²) in [5.41, 5.74) is 2.18. The van der Waals surface area contributed by atoms with E-state index in [9.17, 15) is 9.90 Å². The van der Waals surface area contributed by atoms with Crippen LogP contribution in [0.2, 0.25) is 10.0 Å². The van der Waals surface area contributed by atoms with Crippen LogP contribution in [0.4, 0.5) is 0 Å². The zero-order valence-corrected chi connectivity index (χ0v) is 22.1. The first-order valence-electron chi connectivity index (χ1n) is 11.9. The monoisotopic (exact) mass is 532 g/mol. The molecule has 8 heteroatoms. The molecule has 0 radical (unpaired) electrons. The molecule has 3 aromatic rings. The van der Waals surface area contributed by atoms with E-state index in [2.05, 4.69) is 16.0 Å². The minimum atomic E-state index is -0.694. The molecule has 0 amide bonds. The van der Waals surface area contributed by atoms with Crippen LogP contribution in [0, 0.1) is 11.8 Å². The molecule has 1 N–H and O–H groups in total. The molecule has 1 saturated heterocycles. The fourth-order valence-electron chi connectivity index (χ4n) is 4.88. The molecule has 2 heterocycles. The van der Waals surface area contributed by atoms with Gasteiger partial charge in [-0.2, -0.15) is 0 Å². The van der Waals surface area contributed by atoms with Gasteiger partial charge in [0, 0.05) is 35.3 Å². The number of ether oxygens (including phenoxy) is 1. The van der Waals surface area contributed by atoms with E-state index in [0.29, 0.717) is 16.6 Å². The second-order valence-electron chi connectivity index (χ2n) is 8.94. The van der Waals surface area contributed by atoms with Gasteiger partial charge in [-0.25, -0.2) is 0 Å². The number of carboxylic acids is 1. The van der Waals surface area contributed by atoms with Gasteiger partial charge in [-0.3, -0.25) is 9.78 Å². The van der Waals surface area contributed by atoms with Crippen molar-refractivity contribution < 1.29 is 14.6 Å². The molecule has 4 rings (SSSR count). The van der Waals surface area contributed by atoms with Gasteiger partial charge < -0.3 is 14.7 Å². The number of methoxy groups -OCH3 is 1. The predicted octanol–water partition coefficient (Wildman–Crippen LogP) is 6.69. The quantitative estimate of drug-likeness (QED) is 0.293. The maximum Gasteiger partial charge on any atom is 0.308 e. The Labute approximate surface area is 220 Å². The molecule has 0 spiro atoms. The molecule has 186 valence electrons. The molecule has 1 aliphatic rings. The Morgan fingerprint density at radius 3 is 2.77 bits per heavy atom. The summed E-state index contributed by atoms with van der Waals surface area (Å²) < 4.78 is 5.38. The lowest BCUT2D eigenvalue weighted by Crippen LogP contribution is -2.44. The first-order chi connectivity index (χ1) is 17.0. The fraction of sp³-hybridized carbons (Fsp3) is 0.407. The number of hydrogen-bond donors (Lipinski definition) is 1. The molecule has 35 heavy (non-hydrogen) atoms. The number of rotatable bonds is 10. The molecule has 1 fully saturated rings. The average Bonchev–Trinajstić information content (AvgIpc) is 2.86. The summed E-state index contributed by atoms with van der Waals surface area (Å²) >= 11 is 14.2. The van der Waals surface area contributed by atoms with Gasteiger partial charge in [-0.05, 0) is 80.1 Å². The number of pyridine rings is 1. The maximum absolute atomic E-state index is 12.1. The summed E-state index contributed by atoms with van der Waals surface area (Å²) in [7, 11) is 1.67. The van der Waals surface area contributed by atoms with Gasteiger partial charge in [-0.1, -0.05) is 29.3 Å². The molecular formula is C27H30Cl2N2O3S. The van der Waals surface area contributed by atoms with Crippen molar-refractivity contribution in [1.29, 1.82) is 0 Å². The normalized spacial score (nSPS) is 18.6. The van der Waals surface area contributed by atoms with Crippen molar-refractivity contribution in [2.75, 3.05) is 32.5 Å². The van der Waals surface area contributed by atoms with Gasteiger partial charge in [0.25, 0.3) is 0 Å². The zero-order valence-electron chi connectivity index (χ0n) is 19.8. The van der Waals surface area contributed by atoms with Crippen molar-refractivity contribution in [2.45, 2.75) is 30.6 Å². The molecule has 0 bridgehead atoms. The summed E-state index contributed by atoms with van der Waals surface area (Å²) in [6.45, 7) is 2.32. The number of carboxylic acid groups (broad SMARTS) is 1. The van der Waals surface area contributed by atoms with E-state index in [1.54, 1.807) is 18.9 Å². The van der Waals surface area contributed by atoms with Crippen molar-refractivity contribution in [3.63, 3.8) is 0 Å². The number of piperidine rings is 1. The summed E-state index contributed by atoms with van der Waals surface area (Å²) in [6, 6.07) is 13.5. The van der Waals surface area contributed by atoms with Crippen LogP contribution in [0.25, 0.3) is 10.9 Å². The number of hydrogen-bond acceptors (Lipinski definition) is 5. The SMILES string of the molecule is COc1ccc2nccc(CCC[C@@H]3CCN(CCSc4c(Cl)cccc4Cl)C[C@@H]3C(=O)O)c2c1. The number of aromatic nitrogens is 1. The van der Waals surface area contributed by atoms with Crippen LogP contribution in [0.5, 0.6) is 5.75 Å². The van der Waals surface area contributed by atoms with Crippen LogP contribution in [-0.2, 0) is 11.2 Å². The number of carbonyl (C=O) groups is 1. The van der Waals surface area contributed by atoms with Crippen molar-refractivity contribution in [2.24, 2.45) is 11.8 Å². The third-order valence-electron chi connectivity index (χ3n) is 6.79. The van der Waals surface area contributed by atoms with Gasteiger partial charge in [-0.15, -0.1) is 11.8 Å². The lowest BCUT2D eigenvalue weighted by Gasteiger charge is -2.36. The molecule has 0 unspecified atom stereocenters. The second-order valence-corrected chi connectivity index (χ2v) is 10.9. The number of likely N-dealkylation sites (tertiary alicyclic amines) is 1. The first kappa shape index (κ1) is 26.1. The number of benzene rings is 2. The van der Waals surface area contributed by atoms with Crippen molar-refractivity contribution in [1.82, 2.24) is 9.88 Å². The maximum atomic E-state index is 12.1. The highest BCUT2D eigenvalue weighted by atomic mass is 35.5. The average molecular weight is 534 g/mol. The standard InChI is InChI=1S/C27H30Cl2N2O3S/c1-34-20-8-9-25-21(16-20)18(10-12-30-25)4-2-5-19-11-13-31(17-22(19)27(32)33)14-15-35-26-23(28)6-3-7-24(26)29/h3,6-10,12,16,19,22H,2,4-5,11,13-15,17H2,1H3,(H,32,33)/t19-,22+/m1/s1. The highest BCUT2D eigenvalue weighted by molar-refractivity contribution is 7.99. The van der Waals surface area contributed by atoms with Gasteiger partial charge >= 0.3 is 5.97 Å². The Morgan fingerprint density at radius 1 is 1.23 bits per heavy atom. The number of halogens is 2. The Morgan fingerprint density at radius 2 is 2.03 bits per heavy atom. The number of aryl methyl sites for hydroxylation is 1. The summed E-state index contributed by atoms with van der Waals surface area (Å²) in [6.07, 6.45) is 5.50. The largest absolute Gasteiger partial charge is 0.497 e.